The summed E-state index contributed by atoms with van der Waals surface area (Å²) in [5.41, 5.74) is 6.51. The molecule has 2 aromatic carbocycles. The molecule has 3 aromatic rings. The van der Waals surface area contributed by atoms with E-state index in [0.717, 1.165) is 59.7 Å². The van der Waals surface area contributed by atoms with E-state index in [9.17, 15) is 0 Å². The summed E-state index contributed by atoms with van der Waals surface area (Å²) in [5.74, 6) is 0. The van der Waals surface area contributed by atoms with Crippen molar-refractivity contribution in [3.05, 3.63) is 76.6 Å². The van der Waals surface area contributed by atoms with Crippen molar-refractivity contribution in [1.29, 1.82) is 0 Å². The van der Waals surface area contributed by atoms with Crippen LogP contribution in [-0.2, 0) is 4.74 Å². The first-order valence-electron chi connectivity index (χ1n) is 9.54. The smallest absolute Gasteiger partial charge is 0.0646 e. The molecule has 0 spiro atoms. The van der Waals surface area contributed by atoms with Crippen molar-refractivity contribution in [3.63, 3.8) is 0 Å². The van der Waals surface area contributed by atoms with E-state index in [1.54, 1.807) is 0 Å². The molecule has 0 unspecified atom stereocenters. The van der Waals surface area contributed by atoms with Gasteiger partial charge in [0.15, 0.2) is 0 Å². The molecular weight excluding hydrogens is 370 g/mol. The molecule has 4 nitrogen and oxygen atoms in total. The van der Waals surface area contributed by atoms with Crippen LogP contribution in [0.4, 0.5) is 11.4 Å². The van der Waals surface area contributed by atoms with Gasteiger partial charge in [-0.2, -0.15) is 0 Å². The van der Waals surface area contributed by atoms with E-state index in [4.69, 9.17) is 16.3 Å². The molecule has 0 atom stereocenters. The van der Waals surface area contributed by atoms with Crippen LogP contribution in [0, 0.1) is 13.8 Å². The highest BCUT2D eigenvalue weighted by Gasteiger charge is 2.12. The SMILES string of the molecule is Cc1cc(C=Nc2ccc(N3CCOCC3)cc2)c(C)n1-c1ccccc1Cl. The average Bonchev–Trinajstić information content (AvgIpc) is 3.01. The molecule has 5 heteroatoms. The van der Waals surface area contributed by atoms with Gasteiger partial charge in [0.1, 0.15) is 0 Å². The van der Waals surface area contributed by atoms with Gasteiger partial charge in [0, 0.05) is 41.9 Å². The van der Waals surface area contributed by atoms with E-state index >= 15 is 0 Å². The second-order valence-corrected chi connectivity index (χ2v) is 7.39. The van der Waals surface area contributed by atoms with Crippen LogP contribution in [-0.4, -0.2) is 37.1 Å². The van der Waals surface area contributed by atoms with Gasteiger partial charge in [-0.15, -0.1) is 0 Å². The van der Waals surface area contributed by atoms with Crippen LogP contribution in [0.5, 0.6) is 0 Å². The highest BCUT2D eigenvalue weighted by molar-refractivity contribution is 6.32. The molecule has 144 valence electrons. The Morgan fingerprint density at radius 1 is 1.00 bits per heavy atom. The molecule has 1 aliphatic heterocycles. The Bertz CT molecular complexity index is 986. The van der Waals surface area contributed by atoms with Gasteiger partial charge in [-0.3, -0.25) is 4.99 Å². The quantitative estimate of drug-likeness (QED) is 0.560. The van der Waals surface area contributed by atoms with E-state index in [0.29, 0.717) is 0 Å². The summed E-state index contributed by atoms with van der Waals surface area (Å²) < 4.78 is 7.59. The summed E-state index contributed by atoms with van der Waals surface area (Å²) in [6, 6.07) is 18.4. The highest BCUT2D eigenvalue weighted by Crippen LogP contribution is 2.26. The Balaban J connectivity index is 1.55. The predicted molar refractivity (Wildman–Crippen MR) is 117 cm³/mol. The number of halogens is 1. The molecule has 1 fully saturated rings. The number of aryl methyl sites for hydroxylation is 1. The number of aliphatic imine (C=N–C) groups is 1. The maximum absolute atomic E-state index is 6.40. The van der Waals surface area contributed by atoms with Crippen molar-refractivity contribution >= 4 is 29.2 Å². The summed E-state index contributed by atoms with van der Waals surface area (Å²) in [6.07, 6.45) is 1.93. The Kier molecular flexibility index (Phi) is 5.51. The first-order valence-corrected chi connectivity index (χ1v) is 9.92. The van der Waals surface area contributed by atoms with Gasteiger partial charge in [-0.05, 0) is 56.3 Å². The lowest BCUT2D eigenvalue weighted by molar-refractivity contribution is 0.122. The molecule has 1 aliphatic rings. The highest BCUT2D eigenvalue weighted by atomic mass is 35.5. The number of anilines is 1. The molecule has 0 bridgehead atoms. The van der Waals surface area contributed by atoms with Crippen LogP contribution in [0.15, 0.2) is 59.6 Å². The predicted octanol–water partition coefficient (Wildman–Crippen LogP) is 5.33. The fourth-order valence-corrected chi connectivity index (χ4v) is 3.86. The molecule has 1 saturated heterocycles. The van der Waals surface area contributed by atoms with Crippen LogP contribution in [0.2, 0.25) is 5.02 Å². The monoisotopic (exact) mass is 393 g/mol. The third-order valence-corrected chi connectivity index (χ3v) is 5.46. The minimum absolute atomic E-state index is 0.742. The summed E-state index contributed by atoms with van der Waals surface area (Å²) in [4.78, 5) is 7.02. The van der Waals surface area contributed by atoms with Gasteiger partial charge >= 0.3 is 0 Å². The van der Waals surface area contributed by atoms with Gasteiger partial charge in [0.25, 0.3) is 0 Å². The van der Waals surface area contributed by atoms with Crippen LogP contribution in [0.25, 0.3) is 5.69 Å². The Morgan fingerprint density at radius 3 is 2.43 bits per heavy atom. The molecule has 0 saturated carbocycles. The number of morpholine rings is 1. The molecule has 0 aliphatic carbocycles. The summed E-state index contributed by atoms with van der Waals surface area (Å²) in [5, 5.41) is 0.742. The Labute approximate surface area is 171 Å². The molecule has 4 rings (SSSR count). The van der Waals surface area contributed by atoms with Crippen LogP contribution >= 0.6 is 11.6 Å². The number of hydrogen-bond donors (Lipinski definition) is 0. The number of para-hydroxylation sites is 1. The minimum Gasteiger partial charge on any atom is -0.378 e. The molecule has 0 amide bonds. The first kappa shape index (κ1) is 18.8. The second-order valence-electron chi connectivity index (χ2n) is 6.99. The van der Waals surface area contributed by atoms with E-state index in [1.165, 1.54) is 5.69 Å². The fraction of sp³-hybridized carbons (Fsp3) is 0.261. The number of rotatable bonds is 4. The zero-order chi connectivity index (χ0) is 19.5. The largest absolute Gasteiger partial charge is 0.378 e. The fourth-order valence-electron chi connectivity index (χ4n) is 3.64. The molecule has 1 aromatic heterocycles. The Hall–Kier alpha value is -2.56. The first-order chi connectivity index (χ1) is 13.6. The van der Waals surface area contributed by atoms with Crippen LogP contribution < -0.4 is 4.90 Å². The normalized spacial score (nSPS) is 14.8. The minimum atomic E-state index is 0.742. The summed E-state index contributed by atoms with van der Waals surface area (Å²) in [7, 11) is 0. The molecule has 0 N–H and O–H groups in total. The van der Waals surface area contributed by atoms with E-state index in [-0.39, 0.29) is 0 Å². The third-order valence-electron chi connectivity index (χ3n) is 5.14. The topological polar surface area (TPSA) is 29.8 Å². The van der Waals surface area contributed by atoms with Gasteiger partial charge in [-0.25, -0.2) is 0 Å². The van der Waals surface area contributed by atoms with E-state index < -0.39 is 0 Å². The van der Waals surface area contributed by atoms with Gasteiger partial charge in [-0.1, -0.05) is 23.7 Å². The molecule has 28 heavy (non-hydrogen) atoms. The molecule has 0 radical (unpaired) electrons. The summed E-state index contributed by atoms with van der Waals surface area (Å²) in [6.45, 7) is 7.65. The maximum Gasteiger partial charge on any atom is 0.0646 e. The molecular formula is C23H24ClN3O. The third kappa shape index (κ3) is 3.84. The zero-order valence-corrected chi connectivity index (χ0v) is 17.0. The average molecular weight is 394 g/mol. The van der Waals surface area contributed by atoms with Gasteiger partial charge < -0.3 is 14.2 Å². The van der Waals surface area contributed by atoms with Crippen molar-refractivity contribution < 1.29 is 4.74 Å². The Morgan fingerprint density at radius 2 is 1.71 bits per heavy atom. The van der Waals surface area contributed by atoms with Crippen molar-refractivity contribution in [1.82, 2.24) is 4.57 Å². The van der Waals surface area contributed by atoms with Crippen molar-refractivity contribution in [3.8, 4) is 5.69 Å². The van der Waals surface area contributed by atoms with E-state index in [1.807, 2.05) is 30.5 Å². The zero-order valence-electron chi connectivity index (χ0n) is 16.2. The van der Waals surface area contributed by atoms with Crippen LogP contribution in [0.3, 0.4) is 0 Å². The van der Waals surface area contributed by atoms with Crippen molar-refractivity contribution in [2.45, 2.75) is 13.8 Å². The summed E-state index contributed by atoms with van der Waals surface area (Å²) >= 11 is 6.40. The lowest BCUT2D eigenvalue weighted by Gasteiger charge is -2.28. The van der Waals surface area contributed by atoms with Crippen molar-refractivity contribution in [2.24, 2.45) is 4.99 Å². The van der Waals surface area contributed by atoms with Crippen LogP contribution in [0.1, 0.15) is 17.0 Å². The molecule has 2 heterocycles. The maximum atomic E-state index is 6.40. The van der Waals surface area contributed by atoms with Gasteiger partial charge in [0.2, 0.25) is 0 Å². The number of ether oxygens (including phenoxy) is 1. The number of benzene rings is 2. The lowest BCUT2D eigenvalue weighted by atomic mass is 10.2. The van der Waals surface area contributed by atoms with E-state index in [2.05, 4.69) is 58.6 Å². The number of aromatic nitrogens is 1. The van der Waals surface area contributed by atoms with Gasteiger partial charge in [0.05, 0.1) is 29.6 Å². The second kappa shape index (κ2) is 8.21. The standard InChI is InChI=1S/C23H24ClN3O/c1-17-15-19(18(2)27(17)23-6-4-3-5-22(23)24)16-25-20-7-9-21(10-8-20)26-11-13-28-14-12-26/h3-10,15-16H,11-14H2,1-2H3. The van der Waals surface area contributed by atoms with Crippen molar-refractivity contribution in [2.75, 3.05) is 31.2 Å². The number of nitrogens with zero attached hydrogens (tertiary/aromatic N) is 3. The number of hydrogen-bond acceptors (Lipinski definition) is 3. The lowest BCUT2D eigenvalue weighted by Crippen LogP contribution is -2.36.